The number of carbonyl (C=O) groups is 3. The first-order valence-electron chi connectivity index (χ1n) is 8.74. The number of amides is 3. The minimum absolute atomic E-state index is 0.0308. The molecule has 2 aliphatic rings. The standard InChI is InChI=1S/C19H23N3O4/c1-3-17(23)20(2)15-6-4-14(5-7-15)18(24)21-10-8-16(9-11-21)22-12-13-26-19(22)25/h3-7,16H,1,8-13H2,2H3. The summed E-state index contributed by atoms with van der Waals surface area (Å²) in [5.74, 6) is -0.233. The smallest absolute Gasteiger partial charge is 0.410 e. The molecule has 0 N–H and O–H groups in total. The highest BCUT2D eigenvalue weighted by Crippen LogP contribution is 2.22. The number of likely N-dealkylation sites (N-methyl/N-ethyl adjacent to an activating group) is 1. The van der Waals surface area contributed by atoms with Crippen molar-refractivity contribution in [1.29, 1.82) is 0 Å². The number of rotatable bonds is 4. The van der Waals surface area contributed by atoms with E-state index in [9.17, 15) is 14.4 Å². The van der Waals surface area contributed by atoms with Gasteiger partial charge in [0, 0.05) is 37.4 Å². The molecule has 26 heavy (non-hydrogen) atoms. The molecule has 2 fully saturated rings. The lowest BCUT2D eigenvalue weighted by molar-refractivity contribution is -0.113. The summed E-state index contributed by atoms with van der Waals surface area (Å²) in [6.07, 6.45) is 2.52. The summed E-state index contributed by atoms with van der Waals surface area (Å²) in [6.45, 7) is 5.79. The summed E-state index contributed by atoms with van der Waals surface area (Å²) in [6, 6.07) is 7.11. The van der Waals surface area contributed by atoms with Gasteiger partial charge in [0.05, 0.1) is 6.54 Å². The van der Waals surface area contributed by atoms with Crippen LogP contribution in [0.3, 0.4) is 0 Å². The van der Waals surface area contributed by atoms with Crippen molar-refractivity contribution in [3.05, 3.63) is 42.5 Å². The Kier molecular flexibility index (Phi) is 5.25. The second kappa shape index (κ2) is 7.59. The van der Waals surface area contributed by atoms with E-state index in [-0.39, 0.29) is 23.9 Å². The van der Waals surface area contributed by atoms with Gasteiger partial charge in [-0.1, -0.05) is 6.58 Å². The lowest BCUT2D eigenvalue weighted by Gasteiger charge is -2.35. The Hall–Kier alpha value is -2.83. The summed E-state index contributed by atoms with van der Waals surface area (Å²) >= 11 is 0. The molecule has 138 valence electrons. The number of anilines is 1. The largest absolute Gasteiger partial charge is 0.448 e. The van der Waals surface area contributed by atoms with Gasteiger partial charge in [-0.15, -0.1) is 0 Å². The van der Waals surface area contributed by atoms with Gasteiger partial charge in [0.2, 0.25) is 5.91 Å². The van der Waals surface area contributed by atoms with Crippen LogP contribution in [-0.2, 0) is 9.53 Å². The number of benzene rings is 1. The lowest BCUT2D eigenvalue weighted by atomic mass is 10.0. The SMILES string of the molecule is C=CC(=O)N(C)c1ccc(C(=O)N2CCC(N3CCOC3=O)CC2)cc1. The van der Waals surface area contributed by atoms with Crippen LogP contribution < -0.4 is 4.90 Å². The number of ether oxygens (including phenoxy) is 1. The first kappa shape index (κ1) is 18.0. The number of cyclic esters (lactones) is 1. The monoisotopic (exact) mass is 357 g/mol. The average molecular weight is 357 g/mol. The highest BCUT2D eigenvalue weighted by Gasteiger charge is 2.33. The second-order valence-corrected chi connectivity index (χ2v) is 6.48. The highest BCUT2D eigenvalue weighted by molar-refractivity contribution is 6.01. The van der Waals surface area contributed by atoms with Crippen molar-refractivity contribution in [2.75, 3.05) is 38.2 Å². The fraction of sp³-hybridized carbons (Fsp3) is 0.421. The number of hydrogen-bond acceptors (Lipinski definition) is 4. The molecule has 7 nitrogen and oxygen atoms in total. The third-order valence-corrected chi connectivity index (χ3v) is 4.99. The van der Waals surface area contributed by atoms with Crippen molar-refractivity contribution in [2.24, 2.45) is 0 Å². The van der Waals surface area contributed by atoms with Gasteiger partial charge in [0.15, 0.2) is 0 Å². The van der Waals surface area contributed by atoms with Crippen LogP contribution in [-0.4, -0.2) is 67.0 Å². The van der Waals surface area contributed by atoms with Crippen molar-refractivity contribution in [2.45, 2.75) is 18.9 Å². The minimum Gasteiger partial charge on any atom is -0.448 e. The molecular formula is C19H23N3O4. The summed E-state index contributed by atoms with van der Waals surface area (Å²) in [5, 5.41) is 0. The molecule has 0 spiro atoms. The van der Waals surface area contributed by atoms with Crippen LogP contribution >= 0.6 is 0 Å². The van der Waals surface area contributed by atoms with Crippen LogP contribution in [0.15, 0.2) is 36.9 Å². The molecule has 0 unspecified atom stereocenters. The van der Waals surface area contributed by atoms with Gasteiger partial charge in [-0.25, -0.2) is 4.79 Å². The summed E-state index contributed by atoms with van der Waals surface area (Å²) < 4.78 is 4.99. The van der Waals surface area contributed by atoms with Crippen LogP contribution in [0.1, 0.15) is 23.2 Å². The zero-order chi connectivity index (χ0) is 18.7. The van der Waals surface area contributed by atoms with E-state index in [1.54, 1.807) is 36.2 Å². The molecule has 3 amide bonds. The Morgan fingerprint density at radius 1 is 1.19 bits per heavy atom. The molecule has 1 aromatic rings. The van der Waals surface area contributed by atoms with Gasteiger partial charge in [0.25, 0.3) is 5.91 Å². The number of piperidine rings is 1. The minimum atomic E-state index is -0.247. The van der Waals surface area contributed by atoms with E-state index in [0.29, 0.717) is 37.5 Å². The van der Waals surface area contributed by atoms with Gasteiger partial charge < -0.3 is 19.4 Å². The molecule has 3 rings (SSSR count). The van der Waals surface area contributed by atoms with E-state index in [4.69, 9.17) is 4.74 Å². The van der Waals surface area contributed by atoms with Gasteiger partial charge in [0.1, 0.15) is 6.61 Å². The summed E-state index contributed by atoms with van der Waals surface area (Å²) in [4.78, 5) is 41.0. The van der Waals surface area contributed by atoms with Crippen molar-refractivity contribution in [3.8, 4) is 0 Å². The molecule has 0 radical (unpaired) electrons. The average Bonchev–Trinajstić information content (AvgIpc) is 3.12. The van der Waals surface area contributed by atoms with Crippen LogP contribution in [0, 0.1) is 0 Å². The van der Waals surface area contributed by atoms with Crippen LogP contribution in [0.2, 0.25) is 0 Å². The second-order valence-electron chi connectivity index (χ2n) is 6.48. The topological polar surface area (TPSA) is 70.2 Å². The molecule has 0 bridgehead atoms. The Labute approximate surface area is 152 Å². The molecule has 0 aliphatic carbocycles. The molecular weight excluding hydrogens is 334 g/mol. The fourth-order valence-corrected chi connectivity index (χ4v) is 3.39. The molecule has 0 atom stereocenters. The van der Waals surface area contributed by atoms with E-state index in [1.807, 2.05) is 4.90 Å². The molecule has 2 saturated heterocycles. The van der Waals surface area contributed by atoms with Gasteiger partial charge in [-0.2, -0.15) is 0 Å². The van der Waals surface area contributed by atoms with Gasteiger partial charge in [-0.3, -0.25) is 9.59 Å². The molecule has 1 aromatic carbocycles. The summed E-state index contributed by atoms with van der Waals surface area (Å²) in [5.41, 5.74) is 1.30. The molecule has 2 heterocycles. The number of hydrogen-bond donors (Lipinski definition) is 0. The zero-order valence-electron chi connectivity index (χ0n) is 14.9. The fourth-order valence-electron chi connectivity index (χ4n) is 3.39. The van der Waals surface area contributed by atoms with Gasteiger partial charge in [-0.05, 0) is 43.2 Å². The van der Waals surface area contributed by atoms with Crippen molar-refractivity contribution >= 4 is 23.6 Å². The molecule has 0 aromatic heterocycles. The van der Waals surface area contributed by atoms with Crippen LogP contribution in [0.25, 0.3) is 0 Å². The van der Waals surface area contributed by atoms with Crippen LogP contribution in [0.5, 0.6) is 0 Å². The quantitative estimate of drug-likeness (QED) is 0.772. The molecule has 2 aliphatic heterocycles. The van der Waals surface area contributed by atoms with E-state index in [1.165, 1.54) is 11.0 Å². The van der Waals surface area contributed by atoms with Crippen molar-refractivity contribution in [3.63, 3.8) is 0 Å². The maximum Gasteiger partial charge on any atom is 0.410 e. The highest BCUT2D eigenvalue weighted by atomic mass is 16.6. The van der Waals surface area contributed by atoms with E-state index >= 15 is 0 Å². The maximum atomic E-state index is 12.7. The van der Waals surface area contributed by atoms with Crippen LogP contribution in [0.4, 0.5) is 10.5 Å². The predicted octanol–water partition coefficient (Wildman–Crippen LogP) is 1.89. The van der Waals surface area contributed by atoms with Gasteiger partial charge >= 0.3 is 6.09 Å². The Bertz CT molecular complexity index is 708. The number of likely N-dealkylation sites (tertiary alicyclic amines) is 1. The predicted molar refractivity (Wildman–Crippen MR) is 97.0 cm³/mol. The third kappa shape index (κ3) is 3.56. The van der Waals surface area contributed by atoms with E-state index in [0.717, 1.165) is 12.8 Å². The van der Waals surface area contributed by atoms with Crippen molar-refractivity contribution < 1.29 is 19.1 Å². The number of carbonyl (C=O) groups excluding carboxylic acids is 3. The van der Waals surface area contributed by atoms with E-state index in [2.05, 4.69) is 6.58 Å². The van der Waals surface area contributed by atoms with Crippen molar-refractivity contribution in [1.82, 2.24) is 9.80 Å². The maximum absolute atomic E-state index is 12.7. The molecule has 0 saturated carbocycles. The first-order valence-corrected chi connectivity index (χ1v) is 8.74. The Balaban J connectivity index is 1.59. The zero-order valence-corrected chi connectivity index (χ0v) is 14.9. The number of nitrogens with zero attached hydrogens (tertiary/aromatic N) is 3. The third-order valence-electron chi connectivity index (χ3n) is 4.99. The first-order chi connectivity index (χ1) is 12.5. The molecule has 7 heteroatoms. The lowest BCUT2D eigenvalue weighted by Crippen LogP contribution is -2.47. The normalized spacial score (nSPS) is 17.8. The Morgan fingerprint density at radius 3 is 2.38 bits per heavy atom. The summed E-state index contributed by atoms with van der Waals surface area (Å²) in [7, 11) is 1.66. The van der Waals surface area contributed by atoms with E-state index < -0.39 is 0 Å². The Morgan fingerprint density at radius 2 is 1.85 bits per heavy atom.